The van der Waals surface area contributed by atoms with Gasteiger partial charge in [0.25, 0.3) is 5.91 Å². The average molecular weight is 478 g/mol. The van der Waals surface area contributed by atoms with Crippen molar-refractivity contribution in [2.24, 2.45) is 5.92 Å². The first-order chi connectivity index (χ1) is 16.4. The minimum absolute atomic E-state index is 0.0624. The number of aromatic nitrogens is 2. The highest BCUT2D eigenvalue weighted by Crippen LogP contribution is 2.26. The maximum Gasteiger partial charge on any atom is 0.253 e. The molecule has 1 aliphatic heterocycles. The van der Waals surface area contributed by atoms with Gasteiger partial charge in [-0.15, -0.1) is 0 Å². The number of nitrogens with one attached hydrogen (secondary N) is 1. The van der Waals surface area contributed by atoms with E-state index in [-0.39, 0.29) is 11.8 Å². The van der Waals surface area contributed by atoms with Crippen molar-refractivity contribution >= 4 is 40.0 Å². The first-order valence-electron chi connectivity index (χ1n) is 11.3. The van der Waals surface area contributed by atoms with Gasteiger partial charge in [0.2, 0.25) is 5.91 Å². The molecular formula is C26H28ClN5O2. The number of halogens is 1. The molecule has 0 radical (unpaired) electrons. The molecule has 1 aliphatic rings. The van der Waals surface area contributed by atoms with Gasteiger partial charge < -0.3 is 15.1 Å². The zero-order valence-corrected chi connectivity index (χ0v) is 20.1. The maximum atomic E-state index is 13.0. The number of carbonyl (C=O) groups is 2. The molecule has 1 N–H and O–H groups in total. The number of rotatable bonds is 7. The molecule has 0 unspecified atom stereocenters. The van der Waals surface area contributed by atoms with E-state index in [4.69, 9.17) is 11.6 Å². The number of para-hydroxylation sites is 1. The fraction of sp³-hybridized carbons (Fsp3) is 0.308. The molecule has 3 aromatic rings. The first kappa shape index (κ1) is 23.9. The summed E-state index contributed by atoms with van der Waals surface area (Å²) in [7, 11) is 3.85. The van der Waals surface area contributed by atoms with E-state index in [0.29, 0.717) is 41.8 Å². The van der Waals surface area contributed by atoms with Crippen molar-refractivity contribution in [3.63, 3.8) is 0 Å². The van der Waals surface area contributed by atoms with Crippen LogP contribution in [0.15, 0.2) is 60.8 Å². The minimum Gasteiger partial charge on any atom is -0.338 e. The van der Waals surface area contributed by atoms with Gasteiger partial charge in [-0.05, 0) is 50.7 Å². The number of hydrogen-bond acceptors (Lipinski definition) is 5. The molecule has 0 saturated carbocycles. The number of hydrogen-bond donors (Lipinski definition) is 1. The number of fused-ring (bicyclic) bond motifs is 1. The molecule has 34 heavy (non-hydrogen) atoms. The molecule has 1 aromatic heterocycles. The van der Waals surface area contributed by atoms with Gasteiger partial charge in [0.15, 0.2) is 0 Å². The molecule has 0 spiro atoms. The monoisotopic (exact) mass is 477 g/mol. The fourth-order valence-corrected chi connectivity index (χ4v) is 4.26. The Morgan fingerprint density at radius 3 is 2.85 bits per heavy atom. The van der Waals surface area contributed by atoms with E-state index in [1.54, 1.807) is 24.3 Å². The zero-order chi connectivity index (χ0) is 24.1. The van der Waals surface area contributed by atoms with Crippen molar-refractivity contribution in [2.75, 3.05) is 39.0 Å². The summed E-state index contributed by atoms with van der Waals surface area (Å²) in [5.41, 5.74) is 1.92. The number of anilines is 1. The van der Waals surface area contributed by atoms with Crippen LogP contribution in [0.5, 0.6) is 0 Å². The van der Waals surface area contributed by atoms with Gasteiger partial charge in [-0.1, -0.05) is 35.9 Å². The van der Waals surface area contributed by atoms with Crippen LogP contribution in [0.25, 0.3) is 10.9 Å². The van der Waals surface area contributed by atoms with Crippen LogP contribution >= 0.6 is 11.6 Å². The summed E-state index contributed by atoms with van der Waals surface area (Å²) in [4.78, 5) is 38.1. The van der Waals surface area contributed by atoms with Crippen molar-refractivity contribution in [1.82, 2.24) is 19.8 Å². The lowest BCUT2D eigenvalue weighted by molar-refractivity contribution is -0.111. The third-order valence-electron chi connectivity index (χ3n) is 5.80. The highest BCUT2D eigenvalue weighted by atomic mass is 35.5. The second-order valence-corrected chi connectivity index (χ2v) is 9.21. The van der Waals surface area contributed by atoms with Gasteiger partial charge in [-0.2, -0.15) is 0 Å². The third-order valence-corrected chi connectivity index (χ3v) is 6.11. The highest BCUT2D eigenvalue weighted by Gasteiger charge is 2.28. The Morgan fingerprint density at radius 2 is 2.06 bits per heavy atom. The van der Waals surface area contributed by atoms with Crippen LogP contribution in [0.4, 0.5) is 5.69 Å². The van der Waals surface area contributed by atoms with Crippen molar-refractivity contribution < 1.29 is 9.59 Å². The largest absolute Gasteiger partial charge is 0.338 e. The minimum atomic E-state index is -0.263. The summed E-state index contributed by atoms with van der Waals surface area (Å²) in [6, 6.07) is 12.9. The van der Waals surface area contributed by atoms with Crippen molar-refractivity contribution in [1.29, 1.82) is 0 Å². The fourth-order valence-electron chi connectivity index (χ4n) is 4.03. The first-order valence-corrected chi connectivity index (χ1v) is 11.7. The number of nitrogens with zero attached hydrogens (tertiary/aromatic N) is 4. The molecule has 1 saturated heterocycles. The lowest BCUT2D eigenvalue weighted by Crippen LogP contribution is -2.29. The Bertz CT molecular complexity index is 1230. The maximum absolute atomic E-state index is 13.0. The van der Waals surface area contributed by atoms with E-state index >= 15 is 0 Å². The van der Waals surface area contributed by atoms with Gasteiger partial charge in [-0.25, -0.2) is 9.97 Å². The molecule has 0 aliphatic carbocycles. The van der Waals surface area contributed by atoms with Gasteiger partial charge in [0.1, 0.15) is 5.82 Å². The summed E-state index contributed by atoms with van der Waals surface area (Å²) in [6.45, 7) is 2.00. The standard InChI is InChI=1S/C26H28ClN5O2/c1-31(2)12-5-8-25(33)30-23-10-9-19(15-21(23)27)26(34)32-13-11-18(17-32)14-24-28-16-20-6-3-4-7-22(20)29-24/h3-10,15-16,18H,11-14,17H2,1-2H3,(H,30,33)/b8-5+/t18-/m0/s1. The Kier molecular flexibility index (Phi) is 7.55. The molecule has 2 amide bonds. The van der Waals surface area contributed by atoms with Gasteiger partial charge in [-0.3, -0.25) is 9.59 Å². The number of amides is 2. The normalized spacial score (nSPS) is 16.0. The topological polar surface area (TPSA) is 78.4 Å². The molecule has 0 bridgehead atoms. The summed E-state index contributed by atoms with van der Waals surface area (Å²) >= 11 is 6.36. The van der Waals surface area contributed by atoms with E-state index in [1.807, 2.05) is 54.4 Å². The molecule has 7 nitrogen and oxygen atoms in total. The SMILES string of the molecule is CN(C)C/C=C/C(=O)Nc1ccc(C(=O)N2CC[C@@H](Cc3ncc4ccccc4n3)C2)cc1Cl. The molecule has 2 heterocycles. The lowest BCUT2D eigenvalue weighted by Gasteiger charge is -2.17. The smallest absolute Gasteiger partial charge is 0.253 e. The lowest BCUT2D eigenvalue weighted by atomic mass is 10.0. The van der Waals surface area contributed by atoms with E-state index in [0.717, 1.165) is 29.6 Å². The van der Waals surface area contributed by atoms with Gasteiger partial charge >= 0.3 is 0 Å². The zero-order valence-electron chi connectivity index (χ0n) is 19.4. The quantitative estimate of drug-likeness (QED) is 0.519. The van der Waals surface area contributed by atoms with Crippen LogP contribution in [0.3, 0.4) is 0 Å². The second kappa shape index (κ2) is 10.8. The van der Waals surface area contributed by atoms with Gasteiger partial charge in [0.05, 0.1) is 16.2 Å². The molecule has 1 atom stereocenters. The van der Waals surface area contributed by atoms with Gasteiger partial charge in [0, 0.05) is 49.3 Å². The van der Waals surface area contributed by atoms with Crippen LogP contribution in [0, 0.1) is 5.92 Å². The van der Waals surface area contributed by atoms with E-state index in [9.17, 15) is 9.59 Å². The molecule has 1 fully saturated rings. The summed E-state index contributed by atoms with van der Waals surface area (Å²) in [5, 5.41) is 4.11. The van der Waals surface area contributed by atoms with Crippen molar-refractivity contribution in [2.45, 2.75) is 12.8 Å². The number of carbonyl (C=O) groups excluding carboxylic acids is 2. The molecule has 176 valence electrons. The second-order valence-electron chi connectivity index (χ2n) is 8.80. The van der Waals surface area contributed by atoms with Crippen molar-refractivity contribution in [3.8, 4) is 0 Å². The third kappa shape index (κ3) is 5.98. The molecule has 4 rings (SSSR count). The Balaban J connectivity index is 1.35. The summed E-state index contributed by atoms with van der Waals surface area (Å²) < 4.78 is 0. The van der Waals surface area contributed by atoms with Crippen LogP contribution in [0.1, 0.15) is 22.6 Å². The van der Waals surface area contributed by atoms with Crippen LogP contribution in [-0.2, 0) is 11.2 Å². The molecular weight excluding hydrogens is 450 g/mol. The number of likely N-dealkylation sites (N-methyl/N-ethyl adjacent to an activating group) is 1. The van der Waals surface area contributed by atoms with E-state index in [2.05, 4.69) is 15.3 Å². The van der Waals surface area contributed by atoms with Crippen LogP contribution < -0.4 is 5.32 Å². The molecule has 8 heteroatoms. The Labute approximate surface area is 204 Å². The van der Waals surface area contributed by atoms with Crippen LogP contribution in [-0.4, -0.2) is 65.3 Å². The summed E-state index contributed by atoms with van der Waals surface area (Å²) in [5.74, 6) is 0.794. The predicted molar refractivity (Wildman–Crippen MR) is 135 cm³/mol. The Hall–Kier alpha value is -3.29. The van der Waals surface area contributed by atoms with E-state index in [1.165, 1.54) is 6.08 Å². The Morgan fingerprint density at radius 1 is 1.24 bits per heavy atom. The summed E-state index contributed by atoms with van der Waals surface area (Å²) in [6.07, 6.45) is 6.74. The predicted octanol–water partition coefficient (Wildman–Crippen LogP) is 4.04. The number of likely N-dealkylation sites (tertiary alicyclic amines) is 1. The highest BCUT2D eigenvalue weighted by molar-refractivity contribution is 6.34. The molecule has 2 aromatic carbocycles. The van der Waals surface area contributed by atoms with E-state index < -0.39 is 0 Å². The van der Waals surface area contributed by atoms with Crippen molar-refractivity contribution in [3.05, 3.63) is 77.2 Å². The number of benzene rings is 2. The van der Waals surface area contributed by atoms with Crippen LogP contribution in [0.2, 0.25) is 5.02 Å². The average Bonchev–Trinajstić information content (AvgIpc) is 3.28.